The molecular weight excluding hydrogens is 252 g/mol. The smallest absolute Gasteiger partial charge is 0.428 e. The Morgan fingerprint density at radius 1 is 0.941 bits per heavy atom. The van der Waals surface area contributed by atoms with E-state index in [2.05, 4.69) is 11.0 Å². The van der Waals surface area contributed by atoms with Crippen molar-refractivity contribution in [2.75, 3.05) is 26.4 Å². The zero-order valence-corrected chi connectivity index (χ0v) is 15.0. The van der Waals surface area contributed by atoms with Gasteiger partial charge < -0.3 is 17.7 Å². The van der Waals surface area contributed by atoms with Crippen molar-refractivity contribution in [1.82, 2.24) is 0 Å². The van der Waals surface area contributed by atoms with Crippen molar-refractivity contribution in [1.29, 1.82) is 0 Å². The standard InChI is InChI=1S/C9H20O3Si.C2H8OSi/c1-5-9-13(10-6-2,11-7-3)12-8-4;1-2-3-4/h5H,1,6-9H2,2-4H3;2H2,1,4H3. The van der Waals surface area contributed by atoms with Crippen molar-refractivity contribution in [3.05, 3.63) is 12.7 Å². The van der Waals surface area contributed by atoms with Crippen LogP contribution in [0.5, 0.6) is 0 Å². The highest BCUT2D eigenvalue weighted by Crippen LogP contribution is 2.15. The molecule has 0 aliphatic carbocycles. The summed E-state index contributed by atoms with van der Waals surface area (Å²) in [5, 5.41) is 0. The van der Waals surface area contributed by atoms with E-state index >= 15 is 0 Å². The van der Waals surface area contributed by atoms with E-state index in [0.29, 0.717) is 25.9 Å². The minimum Gasteiger partial charge on any atom is -0.428 e. The van der Waals surface area contributed by atoms with Gasteiger partial charge in [0.25, 0.3) is 0 Å². The summed E-state index contributed by atoms with van der Waals surface area (Å²) < 4.78 is 21.4. The second kappa shape index (κ2) is 14.1. The van der Waals surface area contributed by atoms with Crippen LogP contribution >= 0.6 is 0 Å². The summed E-state index contributed by atoms with van der Waals surface area (Å²) in [6, 6.07) is 0.683. The summed E-state index contributed by atoms with van der Waals surface area (Å²) in [7, 11) is -1.52. The van der Waals surface area contributed by atoms with Gasteiger partial charge in [-0.3, -0.25) is 0 Å². The van der Waals surface area contributed by atoms with Gasteiger partial charge in [0, 0.05) is 32.5 Å². The summed E-state index contributed by atoms with van der Waals surface area (Å²) in [6.45, 7) is 14.3. The SMILES string of the molecule is C=CC[Si](OCC)(OCC)OCC.CCO[SiH3]. The lowest BCUT2D eigenvalue weighted by Crippen LogP contribution is -2.45. The minimum atomic E-state index is -2.41. The molecule has 0 saturated heterocycles. The Labute approximate surface area is 110 Å². The molecule has 0 aromatic carbocycles. The van der Waals surface area contributed by atoms with Crippen LogP contribution in [0.2, 0.25) is 6.04 Å². The third kappa shape index (κ3) is 10.9. The molecular formula is C11H28O4Si2. The van der Waals surface area contributed by atoms with Crippen LogP contribution in [0.4, 0.5) is 0 Å². The first kappa shape index (κ1) is 19.4. The van der Waals surface area contributed by atoms with Gasteiger partial charge in [0.05, 0.1) is 0 Å². The van der Waals surface area contributed by atoms with Crippen LogP contribution in [0.3, 0.4) is 0 Å². The maximum Gasteiger partial charge on any atom is 0.504 e. The van der Waals surface area contributed by atoms with E-state index in [1.54, 1.807) is 6.08 Å². The van der Waals surface area contributed by atoms with Gasteiger partial charge in [-0.1, -0.05) is 6.08 Å². The average molecular weight is 281 g/mol. The fraction of sp³-hybridized carbons (Fsp3) is 0.818. The number of hydrogen-bond acceptors (Lipinski definition) is 4. The summed E-state index contributed by atoms with van der Waals surface area (Å²) >= 11 is 0. The van der Waals surface area contributed by atoms with Crippen LogP contribution in [0.15, 0.2) is 12.7 Å². The maximum absolute atomic E-state index is 5.57. The van der Waals surface area contributed by atoms with Crippen LogP contribution in [0.25, 0.3) is 0 Å². The molecule has 0 aromatic heterocycles. The van der Waals surface area contributed by atoms with Gasteiger partial charge in [-0.15, -0.1) is 6.58 Å². The third-order valence-corrected chi connectivity index (χ3v) is 5.33. The molecule has 0 aliphatic heterocycles. The number of hydrogen-bond donors (Lipinski definition) is 0. The van der Waals surface area contributed by atoms with Crippen molar-refractivity contribution in [3.63, 3.8) is 0 Å². The molecule has 0 spiro atoms. The normalized spacial score (nSPS) is 10.8. The fourth-order valence-corrected chi connectivity index (χ4v) is 3.41. The molecule has 104 valence electrons. The molecule has 0 rings (SSSR count). The van der Waals surface area contributed by atoms with Gasteiger partial charge >= 0.3 is 8.80 Å². The molecule has 0 heterocycles. The van der Waals surface area contributed by atoms with Gasteiger partial charge in [-0.25, -0.2) is 0 Å². The number of allylic oxidation sites excluding steroid dienone is 1. The van der Waals surface area contributed by atoms with Crippen LogP contribution in [-0.4, -0.2) is 45.7 Å². The van der Waals surface area contributed by atoms with E-state index in [1.165, 1.54) is 0 Å². The van der Waals surface area contributed by atoms with Gasteiger partial charge in [-0.05, 0) is 27.7 Å². The Bertz CT molecular complexity index is 149. The molecule has 0 unspecified atom stereocenters. The van der Waals surface area contributed by atoms with Gasteiger partial charge in [0.2, 0.25) is 0 Å². The Morgan fingerprint density at radius 2 is 1.29 bits per heavy atom. The van der Waals surface area contributed by atoms with Gasteiger partial charge in [0.15, 0.2) is 0 Å². The highest BCUT2D eigenvalue weighted by molar-refractivity contribution is 6.61. The first-order valence-corrected chi connectivity index (χ1v) is 8.92. The summed E-state index contributed by atoms with van der Waals surface area (Å²) in [6.07, 6.45) is 1.80. The van der Waals surface area contributed by atoms with Crippen molar-refractivity contribution in [3.8, 4) is 0 Å². The van der Waals surface area contributed by atoms with Crippen molar-refractivity contribution in [2.45, 2.75) is 33.7 Å². The molecule has 6 heteroatoms. The van der Waals surface area contributed by atoms with Crippen LogP contribution in [0.1, 0.15) is 27.7 Å². The predicted molar refractivity (Wildman–Crippen MR) is 77.2 cm³/mol. The third-order valence-electron chi connectivity index (χ3n) is 1.78. The molecule has 0 atom stereocenters. The van der Waals surface area contributed by atoms with Gasteiger partial charge in [-0.2, -0.15) is 0 Å². The zero-order chi connectivity index (χ0) is 13.6. The molecule has 0 amide bonds. The molecule has 0 aromatic rings. The second-order valence-electron chi connectivity index (χ2n) is 3.05. The van der Waals surface area contributed by atoms with Crippen LogP contribution < -0.4 is 0 Å². The van der Waals surface area contributed by atoms with E-state index in [9.17, 15) is 0 Å². The van der Waals surface area contributed by atoms with Crippen LogP contribution in [-0.2, 0) is 17.7 Å². The topological polar surface area (TPSA) is 36.9 Å². The van der Waals surface area contributed by atoms with Crippen molar-refractivity contribution in [2.24, 2.45) is 0 Å². The van der Waals surface area contributed by atoms with E-state index in [-0.39, 0.29) is 0 Å². The van der Waals surface area contributed by atoms with Crippen LogP contribution in [0, 0.1) is 0 Å². The molecule has 4 nitrogen and oxygen atoms in total. The molecule has 17 heavy (non-hydrogen) atoms. The monoisotopic (exact) mass is 280 g/mol. The minimum absolute atomic E-state index is 0.625. The molecule has 0 radical (unpaired) electrons. The van der Waals surface area contributed by atoms with E-state index in [1.807, 2.05) is 27.7 Å². The Balaban J connectivity index is 0. The van der Waals surface area contributed by atoms with Gasteiger partial charge in [0.1, 0.15) is 10.5 Å². The zero-order valence-electron chi connectivity index (χ0n) is 12.0. The maximum atomic E-state index is 5.57. The molecule has 0 bridgehead atoms. The first-order chi connectivity index (χ1) is 8.16. The largest absolute Gasteiger partial charge is 0.504 e. The Hall–Kier alpha value is 0.0138. The lowest BCUT2D eigenvalue weighted by Gasteiger charge is -2.27. The Morgan fingerprint density at radius 3 is 1.47 bits per heavy atom. The second-order valence-corrected chi connectivity index (χ2v) is 6.27. The van der Waals surface area contributed by atoms with E-state index < -0.39 is 8.80 Å². The molecule has 0 saturated carbocycles. The lowest BCUT2D eigenvalue weighted by molar-refractivity contribution is 0.0743. The van der Waals surface area contributed by atoms with E-state index in [4.69, 9.17) is 13.3 Å². The first-order valence-electron chi connectivity index (χ1n) is 6.17. The summed E-state index contributed by atoms with van der Waals surface area (Å²) in [5.41, 5.74) is 0. The summed E-state index contributed by atoms with van der Waals surface area (Å²) in [5.74, 6) is 0. The number of rotatable bonds is 9. The lowest BCUT2D eigenvalue weighted by atomic mass is 10.8. The average Bonchev–Trinajstić information content (AvgIpc) is 2.31. The quantitative estimate of drug-likeness (QED) is 0.474. The summed E-state index contributed by atoms with van der Waals surface area (Å²) in [4.78, 5) is 0. The van der Waals surface area contributed by atoms with E-state index in [0.717, 1.165) is 17.1 Å². The van der Waals surface area contributed by atoms with Crippen molar-refractivity contribution < 1.29 is 17.7 Å². The molecule has 0 fully saturated rings. The Kier molecular flexibility index (Phi) is 16.0. The highest BCUT2D eigenvalue weighted by atomic mass is 28.4. The highest BCUT2D eigenvalue weighted by Gasteiger charge is 2.38. The van der Waals surface area contributed by atoms with Crippen molar-refractivity contribution >= 4 is 19.3 Å². The molecule has 0 aliphatic rings. The molecule has 0 N–H and O–H groups in total. The predicted octanol–water partition coefficient (Wildman–Crippen LogP) is 1.52. The fourth-order valence-electron chi connectivity index (χ4n) is 1.14.